The van der Waals surface area contributed by atoms with Crippen molar-refractivity contribution in [1.82, 2.24) is 5.16 Å². The summed E-state index contributed by atoms with van der Waals surface area (Å²) in [6, 6.07) is 18.5. The molecule has 1 N–H and O–H groups in total. The number of hydrogen-bond acceptors (Lipinski definition) is 6. The first-order chi connectivity index (χ1) is 13.6. The molecule has 0 aliphatic rings. The Labute approximate surface area is 162 Å². The monoisotopic (exact) mass is 380 g/mol. The molecule has 0 bridgehead atoms. The highest BCUT2D eigenvalue weighted by molar-refractivity contribution is 5.92. The van der Waals surface area contributed by atoms with Crippen LogP contribution in [0.25, 0.3) is 11.3 Å². The van der Waals surface area contributed by atoms with Gasteiger partial charge in [-0.1, -0.05) is 53.2 Å². The summed E-state index contributed by atoms with van der Waals surface area (Å²) >= 11 is 0. The first-order valence-electron chi connectivity index (χ1n) is 8.77. The van der Waals surface area contributed by atoms with Gasteiger partial charge in [-0.3, -0.25) is 14.9 Å². The van der Waals surface area contributed by atoms with Crippen molar-refractivity contribution >= 4 is 17.8 Å². The van der Waals surface area contributed by atoms with Gasteiger partial charge in [0.25, 0.3) is 5.91 Å². The Balaban J connectivity index is 1.39. The molecule has 3 rings (SSSR count). The summed E-state index contributed by atoms with van der Waals surface area (Å²) in [5.74, 6) is -0.181. The summed E-state index contributed by atoms with van der Waals surface area (Å²) in [6.45, 7) is 1.75. The Morgan fingerprint density at radius 2 is 1.82 bits per heavy atom. The minimum Gasteiger partial charge on any atom is -0.493 e. The fourth-order valence-electron chi connectivity index (χ4n) is 2.36. The Hall–Kier alpha value is -3.61. The molecule has 0 spiro atoms. The van der Waals surface area contributed by atoms with Crippen LogP contribution in [0.5, 0.6) is 5.75 Å². The van der Waals surface area contributed by atoms with Crippen LogP contribution in [0.1, 0.15) is 12.0 Å². The summed E-state index contributed by atoms with van der Waals surface area (Å²) < 4.78 is 15.4. The van der Waals surface area contributed by atoms with E-state index < -0.39 is 18.5 Å². The van der Waals surface area contributed by atoms with Crippen LogP contribution < -0.4 is 10.1 Å². The Kier molecular flexibility index (Phi) is 6.41. The van der Waals surface area contributed by atoms with Gasteiger partial charge >= 0.3 is 5.97 Å². The average molecular weight is 380 g/mol. The van der Waals surface area contributed by atoms with E-state index in [1.54, 1.807) is 18.2 Å². The van der Waals surface area contributed by atoms with E-state index in [4.69, 9.17) is 14.0 Å². The molecule has 3 aromatic rings. The zero-order valence-corrected chi connectivity index (χ0v) is 15.4. The van der Waals surface area contributed by atoms with E-state index in [2.05, 4.69) is 10.5 Å². The smallest absolute Gasteiger partial charge is 0.309 e. The minimum atomic E-state index is -0.524. The maximum Gasteiger partial charge on any atom is 0.309 e. The van der Waals surface area contributed by atoms with Crippen molar-refractivity contribution in [2.24, 2.45) is 0 Å². The molecule has 0 aliphatic heterocycles. The van der Waals surface area contributed by atoms with Crippen molar-refractivity contribution in [3.05, 3.63) is 66.2 Å². The summed E-state index contributed by atoms with van der Waals surface area (Å²) in [6.07, 6.45) is 0.0437. The third kappa shape index (κ3) is 5.70. The number of nitrogens with zero attached hydrogens (tertiary/aromatic N) is 1. The lowest BCUT2D eigenvalue weighted by atomic mass is 10.1. The molecule has 0 radical (unpaired) electrons. The largest absolute Gasteiger partial charge is 0.493 e. The number of amides is 1. The number of benzene rings is 2. The van der Waals surface area contributed by atoms with E-state index in [9.17, 15) is 9.59 Å². The molecule has 7 heteroatoms. The van der Waals surface area contributed by atoms with Crippen LogP contribution in [0.4, 0.5) is 5.88 Å². The number of carbonyl (C=O) groups excluding carboxylic acids is 2. The van der Waals surface area contributed by atoms with Gasteiger partial charge in [0.1, 0.15) is 11.4 Å². The Morgan fingerprint density at radius 3 is 2.57 bits per heavy atom. The van der Waals surface area contributed by atoms with Crippen LogP contribution in [-0.2, 0) is 14.3 Å². The van der Waals surface area contributed by atoms with Crippen molar-refractivity contribution in [3.63, 3.8) is 0 Å². The molecule has 0 fully saturated rings. The fourth-order valence-corrected chi connectivity index (χ4v) is 2.36. The van der Waals surface area contributed by atoms with Crippen LogP contribution in [0, 0.1) is 6.92 Å². The number of aryl methyl sites for hydroxylation is 1. The van der Waals surface area contributed by atoms with Gasteiger partial charge in [0, 0.05) is 11.6 Å². The standard InChI is InChI=1S/C21H20N2O5/c1-15-7-9-16(10-8-15)18-13-20(28-23-18)22-19(24)14-27-21(25)11-12-26-17-5-3-2-4-6-17/h2-10,13H,11-12,14H2,1H3,(H,22,24). The third-order valence-electron chi connectivity index (χ3n) is 3.80. The molecule has 144 valence electrons. The molecule has 1 heterocycles. The fraction of sp³-hybridized carbons (Fsp3) is 0.190. The number of anilines is 1. The molecule has 0 aliphatic carbocycles. The Bertz CT molecular complexity index is 919. The van der Waals surface area contributed by atoms with E-state index in [0.29, 0.717) is 11.4 Å². The summed E-state index contributed by atoms with van der Waals surface area (Å²) in [5, 5.41) is 6.42. The predicted octanol–water partition coefficient (Wildman–Crippen LogP) is 3.60. The van der Waals surface area contributed by atoms with Gasteiger partial charge in [0.05, 0.1) is 13.0 Å². The van der Waals surface area contributed by atoms with Crippen molar-refractivity contribution in [2.45, 2.75) is 13.3 Å². The highest BCUT2D eigenvalue weighted by atomic mass is 16.5. The van der Waals surface area contributed by atoms with E-state index in [-0.39, 0.29) is 18.9 Å². The van der Waals surface area contributed by atoms with Gasteiger partial charge in [-0.05, 0) is 19.1 Å². The summed E-state index contributed by atoms with van der Waals surface area (Å²) in [7, 11) is 0. The molecule has 0 saturated heterocycles. The highest BCUT2D eigenvalue weighted by Gasteiger charge is 2.12. The normalized spacial score (nSPS) is 10.3. The average Bonchev–Trinajstić information content (AvgIpc) is 3.16. The van der Waals surface area contributed by atoms with E-state index >= 15 is 0 Å². The number of carbonyl (C=O) groups is 2. The lowest BCUT2D eigenvalue weighted by Crippen LogP contribution is -2.21. The second-order valence-electron chi connectivity index (χ2n) is 6.06. The van der Waals surface area contributed by atoms with Gasteiger partial charge in [-0.25, -0.2) is 0 Å². The number of aromatic nitrogens is 1. The van der Waals surface area contributed by atoms with Crippen LogP contribution in [0.15, 0.2) is 65.2 Å². The van der Waals surface area contributed by atoms with Crippen LogP contribution in [0.2, 0.25) is 0 Å². The topological polar surface area (TPSA) is 90.7 Å². The molecule has 0 atom stereocenters. The van der Waals surface area contributed by atoms with Gasteiger partial charge in [-0.15, -0.1) is 0 Å². The summed E-state index contributed by atoms with van der Waals surface area (Å²) in [4.78, 5) is 23.6. The van der Waals surface area contributed by atoms with E-state index in [0.717, 1.165) is 11.1 Å². The van der Waals surface area contributed by atoms with Crippen LogP contribution in [-0.4, -0.2) is 30.2 Å². The molecular formula is C21H20N2O5. The van der Waals surface area contributed by atoms with Crippen molar-refractivity contribution in [2.75, 3.05) is 18.5 Å². The van der Waals surface area contributed by atoms with Crippen molar-refractivity contribution in [1.29, 1.82) is 0 Å². The van der Waals surface area contributed by atoms with E-state index in [1.165, 1.54) is 0 Å². The number of hydrogen-bond donors (Lipinski definition) is 1. The minimum absolute atomic E-state index is 0.0437. The van der Waals surface area contributed by atoms with Crippen LogP contribution in [0.3, 0.4) is 0 Å². The van der Waals surface area contributed by atoms with Crippen molar-refractivity contribution < 1.29 is 23.6 Å². The zero-order chi connectivity index (χ0) is 19.8. The highest BCUT2D eigenvalue weighted by Crippen LogP contribution is 2.21. The van der Waals surface area contributed by atoms with Gasteiger partial charge in [0.2, 0.25) is 5.88 Å². The first-order valence-corrected chi connectivity index (χ1v) is 8.77. The van der Waals surface area contributed by atoms with Gasteiger partial charge in [-0.2, -0.15) is 0 Å². The van der Waals surface area contributed by atoms with Crippen molar-refractivity contribution in [3.8, 4) is 17.0 Å². The molecule has 28 heavy (non-hydrogen) atoms. The quantitative estimate of drug-likeness (QED) is 0.601. The van der Waals surface area contributed by atoms with Crippen LogP contribution >= 0.6 is 0 Å². The maximum absolute atomic E-state index is 11.9. The molecule has 0 saturated carbocycles. The lowest BCUT2D eigenvalue weighted by Gasteiger charge is -2.06. The number of esters is 1. The maximum atomic E-state index is 11.9. The SMILES string of the molecule is Cc1ccc(-c2cc(NC(=O)COC(=O)CCOc3ccccc3)on2)cc1. The number of para-hydroxylation sites is 1. The van der Waals surface area contributed by atoms with Gasteiger partial charge in [0.15, 0.2) is 6.61 Å². The second kappa shape index (κ2) is 9.36. The summed E-state index contributed by atoms with van der Waals surface area (Å²) in [5.41, 5.74) is 2.61. The van der Waals surface area contributed by atoms with E-state index in [1.807, 2.05) is 49.4 Å². The molecule has 7 nitrogen and oxygen atoms in total. The number of nitrogens with one attached hydrogen (secondary N) is 1. The molecular weight excluding hydrogens is 360 g/mol. The number of ether oxygens (including phenoxy) is 2. The predicted molar refractivity (Wildman–Crippen MR) is 103 cm³/mol. The van der Waals surface area contributed by atoms with Gasteiger partial charge < -0.3 is 14.0 Å². The Morgan fingerprint density at radius 1 is 1.07 bits per heavy atom. The first kappa shape index (κ1) is 19.2. The molecule has 0 unspecified atom stereocenters. The zero-order valence-electron chi connectivity index (χ0n) is 15.4. The molecule has 1 amide bonds. The molecule has 2 aromatic carbocycles. The third-order valence-corrected chi connectivity index (χ3v) is 3.80. The lowest BCUT2D eigenvalue weighted by molar-refractivity contribution is -0.147. The molecule has 1 aromatic heterocycles. The number of rotatable bonds is 8. The second-order valence-corrected chi connectivity index (χ2v) is 6.06.